The average Bonchev–Trinajstić information content (AvgIpc) is 2.96. The number of amides is 1. The zero-order chi connectivity index (χ0) is 32.1. The van der Waals surface area contributed by atoms with Gasteiger partial charge in [-0.2, -0.15) is 0 Å². The number of benzene rings is 2. The standard InChI is InChI=1S/C31H32Cl2F3N3O5/c1-39(2)15-6-16-43-26-17-19(7-10-24(26)33)27-21(22-18-20(8-11-23(22)32)44-31(34,35)36)9-12-25(37-27)28(40)38-30(29(41)42)13-4-3-5-14-30/h7-12,17-18H,3-6,13-16H2,1-2H3,(H,38,40)(H,41,42). The van der Waals surface area contributed by atoms with Gasteiger partial charge in [0.25, 0.3) is 5.91 Å². The van der Waals surface area contributed by atoms with E-state index in [1.54, 1.807) is 18.2 Å². The Morgan fingerprint density at radius 1 is 1.00 bits per heavy atom. The molecule has 0 aliphatic heterocycles. The molecule has 1 amide bonds. The van der Waals surface area contributed by atoms with Crippen molar-refractivity contribution in [3.05, 3.63) is 64.3 Å². The second-order valence-corrected chi connectivity index (χ2v) is 11.6. The summed E-state index contributed by atoms with van der Waals surface area (Å²) in [6.07, 6.45) is -1.46. The van der Waals surface area contributed by atoms with Crippen molar-refractivity contribution >= 4 is 35.1 Å². The Hall–Kier alpha value is -3.54. The molecule has 8 nitrogen and oxygen atoms in total. The predicted molar refractivity (Wildman–Crippen MR) is 161 cm³/mol. The lowest BCUT2D eigenvalue weighted by Crippen LogP contribution is -2.55. The molecular formula is C31H32Cl2F3N3O5. The molecule has 2 N–H and O–H groups in total. The largest absolute Gasteiger partial charge is 0.573 e. The monoisotopic (exact) mass is 653 g/mol. The number of nitrogens with zero attached hydrogens (tertiary/aromatic N) is 2. The number of nitrogens with one attached hydrogen (secondary N) is 1. The molecule has 2 aromatic carbocycles. The van der Waals surface area contributed by atoms with E-state index in [1.807, 2.05) is 19.0 Å². The fourth-order valence-electron chi connectivity index (χ4n) is 5.08. The third-order valence-electron chi connectivity index (χ3n) is 7.27. The number of alkyl halides is 3. The van der Waals surface area contributed by atoms with Crippen LogP contribution < -0.4 is 14.8 Å². The molecule has 1 fully saturated rings. The Bertz CT molecular complexity index is 1510. The third-order valence-corrected chi connectivity index (χ3v) is 7.91. The molecule has 0 saturated heterocycles. The topological polar surface area (TPSA) is 101 Å². The number of aliphatic carboxylic acids is 1. The van der Waals surface area contributed by atoms with E-state index in [1.165, 1.54) is 18.2 Å². The molecule has 0 spiro atoms. The van der Waals surface area contributed by atoms with Crippen LogP contribution in [0.5, 0.6) is 11.5 Å². The van der Waals surface area contributed by atoms with Gasteiger partial charge in [0.15, 0.2) is 0 Å². The highest BCUT2D eigenvalue weighted by Gasteiger charge is 2.41. The van der Waals surface area contributed by atoms with Crippen LogP contribution in [0.2, 0.25) is 10.0 Å². The first-order chi connectivity index (χ1) is 20.8. The minimum Gasteiger partial charge on any atom is -0.492 e. The van der Waals surface area contributed by atoms with E-state index in [2.05, 4.69) is 15.0 Å². The fourth-order valence-corrected chi connectivity index (χ4v) is 5.48. The quantitative estimate of drug-likeness (QED) is 0.207. The summed E-state index contributed by atoms with van der Waals surface area (Å²) in [6.45, 7) is 1.15. The summed E-state index contributed by atoms with van der Waals surface area (Å²) < 4.78 is 49.1. The molecule has 236 valence electrons. The molecule has 0 bridgehead atoms. The Labute approximate surface area is 263 Å². The summed E-state index contributed by atoms with van der Waals surface area (Å²) in [7, 11) is 3.88. The van der Waals surface area contributed by atoms with Crippen LogP contribution in [0.3, 0.4) is 0 Å². The summed E-state index contributed by atoms with van der Waals surface area (Å²) in [5.41, 5.74) is -0.420. The van der Waals surface area contributed by atoms with Crippen LogP contribution in [-0.2, 0) is 4.79 Å². The molecule has 1 heterocycles. The van der Waals surface area contributed by atoms with E-state index in [9.17, 15) is 27.9 Å². The van der Waals surface area contributed by atoms with E-state index in [0.717, 1.165) is 31.5 Å². The number of aromatic nitrogens is 1. The maximum absolute atomic E-state index is 13.4. The van der Waals surface area contributed by atoms with E-state index in [4.69, 9.17) is 27.9 Å². The van der Waals surface area contributed by atoms with Gasteiger partial charge in [-0.15, -0.1) is 13.2 Å². The van der Waals surface area contributed by atoms with Gasteiger partial charge in [-0.05, 0) is 75.8 Å². The first-order valence-electron chi connectivity index (χ1n) is 14.0. The highest BCUT2D eigenvalue weighted by atomic mass is 35.5. The lowest BCUT2D eigenvalue weighted by molar-refractivity contribution is -0.274. The lowest BCUT2D eigenvalue weighted by atomic mass is 9.81. The number of carbonyl (C=O) groups is 2. The molecule has 44 heavy (non-hydrogen) atoms. The number of carboxylic acids is 1. The van der Waals surface area contributed by atoms with Crippen molar-refractivity contribution in [3.8, 4) is 33.9 Å². The van der Waals surface area contributed by atoms with Gasteiger partial charge in [-0.3, -0.25) is 4.79 Å². The van der Waals surface area contributed by atoms with E-state index >= 15 is 0 Å². The first kappa shape index (κ1) is 33.4. The number of ether oxygens (including phenoxy) is 2. The number of carbonyl (C=O) groups excluding carboxylic acids is 1. The zero-order valence-electron chi connectivity index (χ0n) is 24.1. The van der Waals surface area contributed by atoms with Gasteiger partial charge in [-0.1, -0.05) is 48.5 Å². The summed E-state index contributed by atoms with van der Waals surface area (Å²) in [6, 6.07) is 11.2. The zero-order valence-corrected chi connectivity index (χ0v) is 25.7. The van der Waals surface area contributed by atoms with Crippen LogP contribution in [0.15, 0.2) is 48.5 Å². The average molecular weight is 655 g/mol. The number of halogens is 5. The van der Waals surface area contributed by atoms with Crippen molar-refractivity contribution in [3.63, 3.8) is 0 Å². The fraction of sp³-hybridized carbons (Fsp3) is 0.387. The molecule has 3 aromatic rings. The minimum absolute atomic E-state index is 0.0860. The van der Waals surface area contributed by atoms with Gasteiger partial charge < -0.3 is 24.8 Å². The van der Waals surface area contributed by atoms with Crippen LogP contribution in [-0.4, -0.2) is 66.0 Å². The van der Waals surface area contributed by atoms with Gasteiger partial charge in [-0.25, -0.2) is 9.78 Å². The number of rotatable bonds is 11. The van der Waals surface area contributed by atoms with E-state index < -0.39 is 29.5 Å². The molecule has 0 unspecified atom stereocenters. The second-order valence-electron chi connectivity index (χ2n) is 10.8. The van der Waals surface area contributed by atoms with Crippen LogP contribution in [0.1, 0.15) is 49.0 Å². The Balaban J connectivity index is 1.79. The first-order valence-corrected chi connectivity index (χ1v) is 14.7. The molecule has 1 aliphatic rings. The van der Waals surface area contributed by atoms with Crippen molar-refractivity contribution < 1.29 is 37.3 Å². The maximum atomic E-state index is 13.4. The van der Waals surface area contributed by atoms with Gasteiger partial charge >= 0.3 is 12.3 Å². The highest BCUT2D eigenvalue weighted by Crippen LogP contribution is 2.40. The van der Waals surface area contributed by atoms with Gasteiger partial charge in [0, 0.05) is 28.3 Å². The van der Waals surface area contributed by atoms with Gasteiger partial charge in [0.05, 0.1) is 17.3 Å². The predicted octanol–water partition coefficient (Wildman–Crippen LogP) is 7.47. The third kappa shape index (κ3) is 8.34. The van der Waals surface area contributed by atoms with Crippen LogP contribution in [0.25, 0.3) is 22.4 Å². The molecular weight excluding hydrogens is 622 g/mol. The number of hydrogen-bond acceptors (Lipinski definition) is 6. The van der Waals surface area contributed by atoms with Crippen molar-refractivity contribution in [2.24, 2.45) is 0 Å². The van der Waals surface area contributed by atoms with E-state index in [-0.39, 0.29) is 34.8 Å². The number of carboxylic acid groups (broad SMARTS) is 1. The molecule has 1 saturated carbocycles. The van der Waals surface area contributed by atoms with Crippen LogP contribution in [0.4, 0.5) is 13.2 Å². The van der Waals surface area contributed by atoms with Gasteiger partial charge in [0.2, 0.25) is 0 Å². The van der Waals surface area contributed by atoms with Gasteiger partial charge in [0.1, 0.15) is 22.7 Å². The summed E-state index contributed by atoms with van der Waals surface area (Å²) in [5.74, 6) is -1.97. The molecule has 13 heteroatoms. The van der Waals surface area contributed by atoms with Crippen molar-refractivity contribution in [2.75, 3.05) is 27.2 Å². The van der Waals surface area contributed by atoms with Crippen molar-refractivity contribution in [1.82, 2.24) is 15.2 Å². The maximum Gasteiger partial charge on any atom is 0.573 e. The minimum atomic E-state index is -4.93. The Morgan fingerprint density at radius 3 is 2.36 bits per heavy atom. The molecule has 4 rings (SSSR count). The molecule has 0 atom stereocenters. The van der Waals surface area contributed by atoms with Crippen LogP contribution in [0, 0.1) is 0 Å². The van der Waals surface area contributed by atoms with Crippen molar-refractivity contribution in [2.45, 2.75) is 50.4 Å². The highest BCUT2D eigenvalue weighted by molar-refractivity contribution is 6.33. The smallest absolute Gasteiger partial charge is 0.492 e. The lowest BCUT2D eigenvalue weighted by Gasteiger charge is -2.33. The Kier molecular flexibility index (Phi) is 10.6. The molecule has 0 radical (unpaired) electrons. The number of hydrogen-bond donors (Lipinski definition) is 2. The summed E-state index contributed by atoms with van der Waals surface area (Å²) >= 11 is 12.9. The normalized spacial score (nSPS) is 14.7. The second kappa shape index (κ2) is 14.0. The van der Waals surface area contributed by atoms with Crippen molar-refractivity contribution in [1.29, 1.82) is 0 Å². The number of pyridine rings is 1. The molecule has 1 aliphatic carbocycles. The summed E-state index contributed by atoms with van der Waals surface area (Å²) in [4.78, 5) is 32.2. The molecule has 1 aromatic heterocycles. The van der Waals surface area contributed by atoms with Crippen LogP contribution >= 0.6 is 23.2 Å². The summed E-state index contributed by atoms with van der Waals surface area (Å²) in [5, 5.41) is 13.1. The SMILES string of the molecule is CN(C)CCCOc1cc(-c2nc(C(=O)NC3(C(=O)O)CCCCC3)ccc2-c2cc(OC(F)(F)F)ccc2Cl)ccc1Cl. The van der Waals surface area contributed by atoms with E-state index in [0.29, 0.717) is 41.3 Å². The Morgan fingerprint density at radius 2 is 1.70 bits per heavy atom.